The normalized spacial score (nSPS) is 10.8. The van der Waals surface area contributed by atoms with E-state index in [0.29, 0.717) is 17.2 Å². The third kappa shape index (κ3) is 4.83. The summed E-state index contributed by atoms with van der Waals surface area (Å²) in [4.78, 5) is 12.6. The molecule has 0 unspecified atom stereocenters. The predicted octanol–water partition coefficient (Wildman–Crippen LogP) is 4.29. The Labute approximate surface area is 165 Å². The van der Waals surface area contributed by atoms with Gasteiger partial charge in [-0.05, 0) is 36.1 Å². The quantitative estimate of drug-likeness (QED) is 0.528. The van der Waals surface area contributed by atoms with Gasteiger partial charge < -0.3 is 20.1 Å². The molecule has 0 aliphatic carbocycles. The van der Waals surface area contributed by atoms with Gasteiger partial charge in [0.2, 0.25) is 0 Å². The Balaban J connectivity index is 2.22. The largest absolute Gasteiger partial charge is 0.493 e. The number of benzene rings is 2. The molecule has 0 fully saturated rings. The lowest BCUT2D eigenvalue weighted by molar-refractivity contribution is -0.112. The standard InChI is InChI=1S/C22H25N3O3/c1-5-15-8-7-9-16(6-2)21(15)25-22(26)17(13-23)14-24-18-10-11-19(27-3)20(12-18)28-4/h7-12,14,24H,5-6H2,1-4H3,(H,25,26)/b17-14-. The average Bonchev–Trinajstić information content (AvgIpc) is 2.73. The van der Waals surface area contributed by atoms with Crippen molar-refractivity contribution in [3.05, 3.63) is 59.3 Å². The van der Waals surface area contributed by atoms with Gasteiger partial charge in [-0.15, -0.1) is 0 Å². The molecule has 2 aromatic carbocycles. The molecule has 0 radical (unpaired) electrons. The Morgan fingerprint density at radius 1 is 1.07 bits per heavy atom. The molecule has 28 heavy (non-hydrogen) atoms. The molecule has 0 saturated carbocycles. The second-order valence-electron chi connectivity index (χ2n) is 6.00. The van der Waals surface area contributed by atoms with Crippen LogP contribution in [0.5, 0.6) is 11.5 Å². The van der Waals surface area contributed by atoms with Crippen LogP contribution in [-0.4, -0.2) is 20.1 Å². The molecule has 2 aromatic rings. The van der Waals surface area contributed by atoms with Crippen LogP contribution in [0.25, 0.3) is 0 Å². The van der Waals surface area contributed by atoms with E-state index in [1.54, 1.807) is 32.4 Å². The van der Waals surface area contributed by atoms with Gasteiger partial charge in [-0.1, -0.05) is 32.0 Å². The van der Waals surface area contributed by atoms with Crippen molar-refractivity contribution in [1.82, 2.24) is 0 Å². The number of rotatable bonds is 8. The molecule has 2 rings (SSSR count). The highest BCUT2D eigenvalue weighted by Crippen LogP contribution is 2.30. The van der Waals surface area contributed by atoms with Crippen LogP contribution in [0, 0.1) is 11.3 Å². The lowest BCUT2D eigenvalue weighted by Crippen LogP contribution is -2.17. The first-order chi connectivity index (χ1) is 13.6. The van der Waals surface area contributed by atoms with Crippen molar-refractivity contribution in [1.29, 1.82) is 5.26 Å². The Hall–Kier alpha value is -3.46. The second-order valence-corrected chi connectivity index (χ2v) is 6.00. The SMILES string of the molecule is CCc1cccc(CC)c1NC(=O)/C(C#N)=C\Nc1ccc(OC)c(OC)c1. The molecule has 0 aromatic heterocycles. The van der Waals surface area contributed by atoms with E-state index < -0.39 is 5.91 Å². The second kappa shape index (κ2) is 10.0. The monoisotopic (exact) mass is 379 g/mol. The number of nitrogens with one attached hydrogen (secondary N) is 2. The number of amides is 1. The fraction of sp³-hybridized carbons (Fsp3) is 0.273. The number of nitriles is 1. The highest BCUT2D eigenvalue weighted by Gasteiger charge is 2.14. The molecule has 146 valence electrons. The summed E-state index contributed by atoms with van der Waals surface area (Å²) in [5.41, 5.74) is 3.50. The van der Waals surface area contributed by atoms with Crippen LogP contribution in [0.3, 0.4) is 0 Å². The van der Waals surface area contributed by atoms with Gasteiger partial charge >= 0.3 is 0 Å². The van der Waals surface area contributed by atoms with Crippen molar-refractivity contribution in [2.75, 3.05) is 24.9 Å². The minimum atomic E-state index is -0.453. The first-order valence-corrected chi connectivity index (χ1v) is 9.08. The third-order valence-electron chi connectivity index (χ3n) is 4.37. The average molecular weight is 379 g/mol. The Morgan fingerprint density at radius 3 is 2.25 bits per heavy atom. The Kier molecular flexibility index (Phi) is 7.46. The van der Waals surface area contributed by atoms with Crippen LogP contribution in [0.4, 0.5) is 11.4 Å². The van der Waals surface area contributed by atoms with Crippen molar-refractivity contribution in [2.45, 2.75) is 26.7 Å². The van der Waals surface area contributed by atoms with E-state index in [-0.39, 0.29) is 5.57 Å². The van der Waals surface area contributed by atoms with E-state index in [0.717, 1.165) is 29.7 Å². The van der Waals surface area contributed by atoms with E-state index in [4.69, 9.17) is 9.47 Å². The predicted molar refractivity (Wildman–Crippen MR) is 111 cm³/mol. The van der Waals surface area contributed by atoms with E-state index in [2.05, 4.69) is 10.6 Å². The number of para-hydroxylation sites is 1. The van der Waals surface area contributed by atoms with Gasteiger partial charge in [0.1, 0.15) is 11.6 Å². The molecule has 6 nitrogen and oxygen atoms in total. The number of carbonyl (C=O) groups is 1. The highest BCUT2D eigenvalue weighted by atomic mass is 16.5. The van der Waals surface area contributed by atoms with Gasteiger partial charge in [0.05, 0.1) is 14.2 Å². The maximum absolute atomic E-state index is 12.6. The van der Waals surface area contributed by atoms with Crippen LogP contribution in [0.2, 0.25) is 0 Å². The van der Waals surface area contributed by atoms with Crippen molar-refractivity contribution in [3.8, 4) is 17.6 Å². The van der Waals surface area contributed by atoms with Gasteiger partial charge in [0.15, 0.2) is 11.5 Å². The maximum atomic E-state index is 12.6. The number of methoxy groups -OCH3 is 2. The summed E-state index contributed by atoms with van der Waals surface area (Å²) in [6, 6.07) is 13.1. The molecule has 0 saturated heterocycles. The summed E-state index contributed by atoms with van der Waals surface area (Å²) < 4.78 is 10.5. The van der Waals surface area contributed by atoms with Crippen molar-refractivity contribution >= 4 is 17.3 Å². The lowest BCUT2D eigenvalue weighted by Gasteiger charge is -2.14. The zero-order valence-electron chi connectivity index (χ0n) is 16.6. The zero-order valence-corrected chi connectivity index (χ0v) is 16.6. The smallest absolute Gasteiger partial charge is 0.267 e. The van der Waals surface area contributed by atoms with Gasteiger partial charge in [-0.25, -0.2) is 0 Å². The third-order valence-corrected chi connectivity index (χ3v) is 4.37. The number of aryl methyl sites for hydroxylation is 2. The first-order valence-electron chi connectivity index (χ1n) is 9.08. The summed E-state index contributed by atoms with van der Waals surface area (Å²) in [6.45, 7) is 4.06. The van der Waals surface area contributed by atoms with E-state index in [1.165, 1.54) is 6.20 Å². The number of carbonyl (C=O) groups excluding carboxylic acids is 1. The van der Waals surface area contributed by atoms with Crippen LogP contribution in [0.1, 0.15) is 25.0 Å². The fourth-order valence-corrected chi connectivity index (χ4v) is 2.81. The van der Waals surface area contributed by atoms with E-state index in [1.807, 2.05) is 38.1 Å². The van der Waals surface area contributed by atoms with Crippen molar-refractivity contribution < 1.29 is 14.3 Å². The zero-order chi connectivity index (χ0) is 20.5. The first kappa shape index (κ1) is 20.8. The highest BCUT2D eigenvalue weighted by molar-refractivity contribution is 6.07. The number of hydrogen-bond acceptors (Lipinski definition) is 5. The molecule has 0 aliphatic heterocycles. The topological polar surface area (TPSA) is 83.4 Å². The summed E-state index contributed by atoms with van der Waals surface area (Å²) in [7, 11) is 3.10. The van der Waals surface area contributed by atoms with Crippen LogP contribution in [0.15, 0.2) is 48.2 Å². The fourth-order valence-electron chi connectivity index (χ4n) is 2.81. The Morgan fingerprint density at radius 2 is 1.71 bits per heavy atom. The minimum Gasteiger partial charge on any atom is -0.493 e. The molecule has 0 bridgehead atoms. The van der Waals surface area contributed by atoms with Crippen LogP contribution in [-0.2, 0) is 17.6 Å². The molecule has 0 heterocycles. The number of nitrogens with zero attached hydrogens (tertiary/aromatic N) is 1. The minimum absolute atomic E-state index is 0.0252. The molecule has 0 aliphatic rings. The van der Waals surface area contributed by atoms with Gasteiger partial charge in [0.25, 0.3) is 5.91 Å². The van der Waals surface area contributed by atoms with E-state index >= 15 is 0 Å². The molecule has 2 N–H and O–H groups in total. The summed E-state index contributed by atoms with van der Waals surface area (Å²) in [5, 5.41) is 15.3. The maximum Gasteiger partial charge on any atom is 0.267 e. The Bertz CT molecular complexity index is 891. The van der Waals surface area contributed by atoms with Gasteiger partial charge in [0, 0.05) is 23.6 Å². The molecule has 0 atom stereocenters. The summed E-state index contributed by atoms with van der Waals surface area (Å²) in [5.74, 6) is 0.693. The number of ether oxygens (including phenoxy) is 2. The van der Waals surface area contributed by atoms with Gasteiger partial charge in [-0.3, -0.25) is 4.79 Å². The lowest BCUT2D eigenvalue weighted by atomic mass is 10.0. The van der Waals surface area contributed by atoms with Crippen molar-refractivity contribution in [3.63, 3.8) is 0 Å². The van der Waals surface area contributed by atoms with Crippen LogP contribution >= 0.6 is 0 Å². The van der Waals surface area contributed by atoms with Crippen molar-refractivity contribution in [2.24, 2.45) is 0 Å². The van der Waals surface area contributed by atoms with E-state index in [9.17, 15) is 10.1 Å². The molecular formula is C22H25N3O3. The number of hydrogen-bond donors (Lipinski definition) is 2. The van der Waals surface area contributed by atoms with Crippen LogP contribution < -0.4 is 20.1 Å². The molecular weight excluding hydrogens is 354 g/mol. The number of anilines is 2. The molecule has 0 spiro atoms. The summed E-state index contributed by atoms with van der Waals surface area (Å²) >= 11 is 0. The molecule has 6 heteroatoms. The molecule has 1 amide bonds. The van der Waals surface area contributed by atoms with Gasteiger partial charge in [-0.2, -0.15) is 5.26 Å². The summed E-state index contributed by atoms with van der Waals surface area (Å²) in [6.07, 6.45) is 2.97.